The number of hydrogen-bond donors (Lipinski definition) is 0. The molecular weight excluding hydrogens is 246 g/mol. The van der Waals surface area contributed by atoms with E-state index in [0.717, 1.165) is 0 Å². The second-order valence-electron chi connectivity index (χ2n) is 4.39. The minimum absolute atomic E-state index is 0.262. The lowest BCUT2D eigenvalue weighted by Crippen LogP contribution is -2.24. The molecule has 0 aliphatic heterocycles. The van der Waals surface area contributed by atoms with Crippen molar-refractivity contribution in [2.45, 2.75) is 45.8 Å². The van der Waals surface area contributed by atoms with Gasteiger partial charge in [0.05, 0.1) is 6.10 Å². The smallest absolute Gasteiger partial charge is 0.352 e. The third-order valence-electron chi connectivity index (χ3n) is 2.28. The van der Waals surface area contributed by atoms with Gasteiger partial charge in [-0.15, -0.1) is 0 Å². The second kappa shape index (κ2) is 7.51. The van der Waals surface area contributed by atoms with Crippen molar-refractivity contribution in [1.29, 1.82) is 0 Å². The molecular formula is C14H19NO4. The minimum Gasteiger partial charge on any atom is -0.460 e. The molecule has 0 aliphatic rings. The fourth-order valence-electron chi connectivity index (χ4n) is 1.48. The SMILES string of the molecule is CCCC(=O)OC(C(=O)OC(C)C)c1ccncc1. The Morgan fingerprint density at radius 1 is 1.21 bits per heavy atom. The number of esters is 2. The summed E-state index contributed by atoms with van der Waals surface area (Å²) in [5.41, 5.74) is 0.560. The first-order valence-corrected chi connectivity index (χ1v) is 6.34. The molecule has 0 amide bonds. The number of pyridine rings is 1. The second-order valence-corrected chi connectivity index (χ2v) is 4.39. The Kier molecular flexibility index (Phi) is 5.99. The molecule has 19 heavy (non-hydrogen) atoms. The van der Waals surface area contributed by atoms with Gasteiger partial charge in [0.15, 0.2) is 0 Å². The van der Waals surface area contributed by atoms with Gasteiger partial charge < -0.3 is 9.47 Å². The van der Waals surface area contributed by atoms with Crippen LogP contribution in [0.15, 0.2) is 24.5 Å². The molecule has 1 rings (SSSR count). The van der Waals surface area contributed by atoms with E-state index in [1.165, 1.54) is 0 Å². The Morgan fingerprint density at radius 2 is 1.84 bits per heavy atom. The average Bonchev–Trinajstić information content (AvgIpc) is 2.36. The van der Waals surface area contributed by atoms with Crippen molar-refractivity contribution < 1.29 is 19.1 Å². The highest BCUT2D eigenvalue weighted by atomic mass is 16.6. The van der Waals surface area contributed by atoms with Gasteiger partial charge >= 0.3 is 11.9 Å². The Hall–Kier alpha value is -1.91. The van der Waals surface area contributed by atoms with E-state index in [1.807, 2.05) is 6.92 Å². The van der Waals surface area contributed by atoms with Gasteiger partial charge in [0.25, 0.3) is 0 Å². The predicted molar refractivity (Wildman–Crippen MR) is 69.2 cm³/mol. The maximum absolute atomic E-state index is 12.0. The first-order valence-electron chi connectivity index (χ1n) is 6.34. The van der Waals surface area contributed by atoms with Gasteiger partial charge in [-0.05, 0) is 32.4 Å². The Balaban J connectivity index is 2.85. The van der Waals surface area contributed by atoms with E-state index >= 15 is 0 Å². The molecule has 0 aliphatic carbocycles. The van der Waals surface area contributed by atoms with Gasteiger partial charge in [-0.25, -0.2) is 4.79 Å². The molecule has 1 aromatic rings. The molecule has 1 unspecified atom stereocenters. The van der Waals surface area contributed by atoms with Crippen LogP contribution in [0, 0.1) is 0 Å². The van der Waals surface area contributed by atoms with E-state index in [1.54, 1.807) is 38.4 Å². The summed E-state index contributed by atoms with van der Waals surface area (Å²) in [6.07, 6.45) is 2.74. The Morgan fingerprint density at radius 3 is 2.37 bits per heavy atom. The molecule has 1 aromatic heterocycles. The van der Waals surface area contributed by atoms with Crippen LogP contribution in [-0.2, 0) is 19.1 Å². The molecule has 5 heteroatoms. The lowest BCUT2D eigenvalue weighted by atomic mass is 10.1. The number of aromatic nitrogens is 1. The van der Waals surface area contributed by atoms with E-state index in [0.29, 0.717) is 12.0 Å². The predicted octanol–water partition coefficient (Wildman–Crippen LogP) is 2.42. The van der Waals surface area contributed by atoms with Crippen molar-refractivity contribution >= 4 is 11.9 Å². The first-order chi connectivity index (χ1) is 9.04. The van der Waals surface area contributed by atoms with E-state index in [9.17, 15) is 9.59 Å². The van der Waals surface area contributed by atoms with Crippen LogP contribution in [0.3, 0.4) is 0 Å². The van der Waals surface area contributed by atoms with Crippen molar-refractivity contribution in [3.8, 4) is 0 Å². The van der Waals surface area contributed by atoms with E-state index in [-0.39, 0.29) is 12.5 Å². The molecule has 0 aromatic carbocycles. The van der Waals surface area contributed by atoms with Crippen LogP contribution in [0.25, 0.3) is 0 Å². The van der Waals surface area contributed by atoms with Crippen molar-refractivity contribution in [2.75, 3.05) is 0 Å². The van der Waals surface area contributed by atoms with Crippen LogP contribution in [0.1, 0.15) is 45.3 Å². The number of rotatable bonds is 6. The van der Waals surface area contributed by atoms with Crippen molar-refractivity contribution in [2.24, 2.45) is 0 Å². The van der Waals surface area contributed by atoms with E-state index < -0.39 is 18.0 Å². The maximum atomic E-state index is 12.0. The highest BCUT2D eigenvalue weighted by Crippen LogP contribution is 2.20. The number of carbonyl (C=O) groups excluding carboxylic acids is 2. The number of carbonyl (C=O) groups is 2. The largest absolute Gasteiger partial charge is 0.460 e. The third-order valence-corrected chi connectivity index (χ3v) is 2.28. The molecule has 5 nitrogen and oxygen atoms in total. The summed E-state index contributed by atoms with van der Waals surface area (Å²) in [4.78, 5) is 27.4. The highest BCUT2D eigenvalue weighted by molar-refractivity contribution is 5.80. The normalized spacial score (nSPS) is 12.0. The summed E-state index contributed by atoms with van der Waals surface area (Å²) >= 11 is 0. The van der Waals surface area contributed by atoms with Gasteiger partial charge in [0.1, 0.15) is 0 Å². The molecule has 0 bridgehead atoms. The van der Waals surface area contributed by atoms with Crippen molar-refractivity contribution in [3.05, 3.63) is 30.1 Å². The van der Waals surface area contributed by atoms with Gasteiger partial charge in [-0.2, -0.15) is 0 Å². The molecule has 0 fully saturated rings. The molecule has 1 heterocycles. The molecule has 0 radical (unpaired) electrons. The highest BCUT2D eigenvalue weighted by Gasteiger charge is 2.26. The lowest BCUT2D eigenvalue weighted by Gasteiger charge is -2.18. The maximum Gasteiger partial charge on any atom is 0.352 e. The van der Waals surface area contributed by atoms with Crippen LogP contribution in [-0.4, -0.2) is 23.0 Å². The zero-order chi connectivity index (χ0) is 14.3. The summed E-state index contributed by atoms with van der Waals surface area (Å²) in [6, 6.07) is 3.26. The van der Waals surface area contributed by atoms with Crippen molar-refractivity contribution in [1.82, 2.24) is 4.98 Å². The summed E-state index contributed by atoms with van der Waals surface area (Å²) in [6.45, 7) is 5.36. The van der Waals surface area contributed by atoms with Gasteiger partial charge in [-0.3, -0.25) is 9.78 Å². The van der Waals surface area contributed by atoms with Gasteiger partial charge in [-0.1, -0.05) is 6.92 Å². The van der Waals surface area contributed by atoms with Crippen LogP contribution in [0.5, 0.6) is 0 Å². The lowest BCUT2D eigenvalue weighted by molar-refractivity contribution is -0.171. The summed E-state index contributed by atoms with van der Waals surface area (Å²) in [7, 11) is 0. The van der Waals surface area contributed by atoms with Crippen LogP contribution >= 0.6 is 0 Å². The molecule has 104 valence electrons. The molecule has 1 atom stereocenters. The standard InChI is InChI=1S/C14H19NO4/c1-4-5-12(16)19-13(14(17)18-10(2)3)11-6-8-15-9-7-11/h6-10,13H,4-5H2,1-3H3. The van der Waals surface area contributed by atoms with E-state index in [4.69, 9.17) is 9.47 Å². The molecule has 0 saturated heterocycles. The average molecular weight is 265 g/mol. The van der Waals surface area contributed by atoms with Crippen LogP contribution in [0.4, 0.5) is 0 Å². The summed E-state index contributed by atoms with van der Waals surface area (Å²) in [5, 5.41) is 0. The van der Waals surface area contributed by atoms with E-state index in [2.05, 4.69) is 4.98 Å². The third kappa shape index (κ3) is 5.07. The number of hydrogen-bond acceptors (Lipinski definition) is 5. The summed E-state index contributed by atoms with van der Waals surface area (Å²) in [5.74, 6) is -0.976. The fraction of sp³-hybridized carbons (Fsp3) is 0.500. The first kappa shape index (κ1) is 15.1. The van der Waals surface area contributed by atoms with Crippen LogP contribution in [0.2, 0.25) is 0 Å². The molecule has 0 spiro atoms. The number of nitrogens with zero attached hydrogens (tertiary/aromatic N) is 1. The molecule has 0 N–H and O–H groups in total. The quantitative estimate of drug-likeness (QED) is 0.739. The Bertz CT molecular complexity index is 417. The van der Waals surface area contributed by atoms with Gasteiger partial charge in [0.2, 0.25) is 6.10 Å². The zero-order valence-corrected chi connectivity index (χ0v) is 11.5. The summed E-state index contributed by atoms with van der Waals surface area (Å²) < 4.78 is 10.3. The Labute approximate surface area is 112 Å². The van der Waals surface area contributed by atoms with Crippen LogP contribution < -0.4 is 0 Å². The molecule has 0 saturated carbocycles. The topological polar surface area (TPSA) is 65.5 Å². The van der Waals surface area contributed by atoms with Gasteiger partial charge in [0, 0.05) is 24.4 Å². The zero-order valence-electron chi connectivity index (χ0n) is 11.5. The van der Waals surface area contributed by atoms with Crippen molar-refractivity contribution in [3.63, 3.8) is 0 Å². The number of ether oxygens (including phenoxy) is 2. The fourth-order valence-corrected chi connectivity index (χ4v) is 1.48. The monoisotopic (exact) mass is 265 g/mol. The minimum atomic E-state index is -1.02.